The third-order valence-corrected chi connectivity index (χ3v) is 7.14. The van der Waals surface area contributed by atoms with Gasteiger partial charge in [-0.2, -0.15) is 0 Å². The summed E-state index contributed by atoms with van der Waals surface area (Å²) in [7, 11) is 0. The molecule has 0 aliphatic heterocycles. The fourth-order valence-electron chi connectivity index (χ4n) is 2.58. The minimum atomic E-state index is -1.50. The quantitative estimate of drug-likeness (QED) is 0.107. The van der Waals surface area contributed by atoms with E-state index in [0.717, 1.165) is 19.3 Å². The van der Waals surface area contributed by atoms with Crippen LogP contribution in [0.2, 0.25) is 8.87 Å². The Morgan fingerprint density at radius 2 is 0.609 bits per heavy atom. The zero-order chi connectivity index (χ0) is 36.9. The summed E-state index contributed by atoms with van der Waals surface area (Å²) >= 11 is 3.37. The van der Waals surface area contributed by atoms with Crippen molar-refractivity contribution in [3.05, 3.63) is 34.9 Å². The Hall–Kier alpha value is -2.36. The summed E-state index contributed by atoms with van der Waals surface area (Å²) in [5, 5.41) is 60.8. The van der Waals surface area contributed by atoms with Gasteiger partial charge < -0.3 is 59.4 Å². The van der Waals surface area contributed by atoms with Gasteiger partial charge in [0, 0.05) is 0 Å². The molecule has 0 fully saturated rings. The molecule has 256 valence electrons. The van der Waals surface area contributed by atoms with E-state index in [1.807, 2.05) is 20.8 Å². The predicted molar refractivity (Wildman–Crippen MR) is 164 cm³/mol. The average Bonchev–Trinajstić information content (AvgIpc) is 2.96. The fraction of sp³-hybridized carbons (Fsp3) is 0.625. The number of hydrogen-bond donors (Lipinski definition) is 0. The third kappa shape index (κ3) is 48.5. The van der Waals surface area contributed by atoms with Crippen LogP contribution >= 0.6 is 0 Å². The molecule has 0 saturated carbocycles. The van der Waals surface area contributed by atoms with Gasteiger partial charge >= 0.3 is 93.5 Å². The molecule has 46 heavy (non-hydrogen) atoms. The number of aliphatic carboxylic acids is 6. The predicted octanol–water partition coefficient (Wildman–Crippen LogP) is -1.44. The molecule has 0 aromatic rings. The summed E-state index contributed by atoms with van der Waals surface area (Å²) in [5.74, 6) is -8.80. The van der Waals surface area contributed by atoms with Crippen LogP contribution in [0.5, 0.6) is 0 Å². The van der Waals surface area contributed by atoms with Crippen molar-refractivity contribution in [2.75, 3.05) is 0 Å². The zero-order valence-corrected chi connectivity index (χ0v) is 33.4. The summed E-state index contributed by atoms with van der Waals surface area (Å²) in [6.45, 7) is 10.1. The third-order valence-electron chi connectivity index (χ3n) is 5.12. The van der Waals surface area contributed by atoms with Crippen molar-refractivity contribution < 1.29 is 59.4 Å². The molecule has 0 aliphatic carbocycles. The van der Waals surface area contributed by atoms with Crippen LogP contribution in [0.4, 0.5) is 0 Å². The van der Waals surface area contributed by atoms with Crippen molar-refractivity contribution in [1.82, 2.24) is 0 Å². The molecule has 0 saturated heterocycles. The van der Waals surface area contributed by atoms with Gasteiger partial charge in [0.25, 0.3) is 0 Å². The Morgan fingerprint density at radius 1 is 0.413 bits per heavy atom. The second-order valence-electron chi connectivity index (χ2n) is 9.35. The minimum absolute atomic E-state index is 0.211. The second-order valence-corrected chi connectivity index (χ2v) is 12.2. The van der Waals surface area contributed by atoms with E-state index < -0.39 is 35.8 Å². The average molecular weight is 862 g/mol. The molecule has 0 radical (unpaired) electrons. The van der Waals surface area contributed by atoms with Crippen LogP contribution in [0.1, 0.15) is 118 Å². The van der Waals surface area contributed by atoms with E-state index in [0.29, 0.717) is 37.5 Å². The molecular formula is C32H48O12Sn2. The summed E-state index contributed by atoms with van der Waals surface area (Å²) in [4.78, 5) is 60.8. The van der Waals surface area contributed by atoms with Crippen LogP contribution in [0, 0.1) is 0 Å². The second kappa shape index (κ2) is 40.7. The van der Waals surface area contributed by atoms with E-state index in [2.05, 4.69) is 13.8 Å². The first kappa shape index (κ1) is 53.1. The first-order chi connectivity index (χ1) is 21.6. The van der Waals surface area contributed by atoms with Crippen molar-refractivity contribution >= 4 is 80.9 Å². The number of carboxylic acids is 6. The van der Waals surface area contributed by atoms with Crippen molar-refractivity contribution in [3.63, 3.8) is 0 Å². The normalized spacial score (nSPS) is 10.7. The fourth-order valence-corrected chi connectivity index (χ4v) is 4.60. The molecule has 0 heterocycles. The van der Waals surface area contributed by atoms with Gasteiger partial charge in [0.1, 0.15) is 0 Å². The number of unbranched alkanes of at least 4 members (excludes halogenated alkanes) is 5. The summed E-state index contributed by atoms with van der Waals surface area (Å²) < 4.78 is 2.87. The molecule has 0 rings (SSSR count). The van der Waals surface area contributed by atoms with E-state index in [-0.39, 0.29) is 36.0 Å². The summed E-state index contributed by atoms with van der Waals surface area (Å²) in [5.41, 5.74) is -0.634. The van der Waals surface area contributed by atoms with Crippen molar-refractivity contribution in [2.45, 2.75) is 127 Å². The van der Waals surface area contributed by atoms with E-state index in [1.54, 1.807) is 45.0 Å². The van der Waals surface area contributed by atoms with Gasteiger partial charge in [-0.15, -0.1) is 0 Å². The monoisotopic (exact) mass is 864 g/mol. The van der Waals surface area contributed by atoms with Gasteiger partial charge in [-0.3, -0.25) is 0 Å². The molecule has 14 heteroatoms. The molecule has 0 atom stereocenters. The zero-order valence-electron chi connectivity index (χ0n) is 27.7. The molecule has 12 nitrogen and oxygen atoms in total. The molecule has 0 bridgehead atoms. The van der Waals surface area contributed by atoms with Gasteiger partial charge in [-0.1, -0.05) is 40.0 Å². The van der Waals surface area contributed by atoms with Crippen molar-refractivity contribution in [1.29, 1.82) is 0 Å². The van der Waals surface area contributed by atoms with E-state index in [9.17, 15) is 59.4 Å². The number of hydrogen-bond acceptors (Lipinski definition) is 12. The molecule has 0 amide bonds. The van der Waals surface area contributed by atoms with Crippen LogP contribution in [0.3, 0.4) is 0 Å². The number of carboxylic acid groups (broad SMARTS) is 6. The summed E-state index contributed by atoms with van der Waals surface area (Å²) in [6.07, 6.45) is 12.3. The van der Waals surface area contributed by atoms with E-state index in [1.165, 1.54) is 34.6 Å². The standard InChI is InChI=1S/3C8H12O4.2C4H9.2Sn/c3*1-2-3-4-6(8(11)12)5-7(9)10;2*1-3-4-2;;/h3*5H,2-4H2,1H3,(H,9,10)(H,11,12);2*1,3-4H2,2H3;;/q;;;;;2*+3/p-6. The Bertz CT molecular complexity index is 822. The van der Waals surface area contributed by atoms with Gasteiger partial charge in [0.15, 0.2) is 0 Å². The van der Waals surface area contributed by atoms with Crippen LogP contribution in [0.25, 0.3) is 0 Å². The van der Waals surface area contributed by atoms with Crippen LogP contribution in [-0.2, 0) is 28.8 Å². The Morgan fingerprint density at radius 3 is 0.696 bits per heavy atom. The van der Waals surface area contributed by atoms with Gasteiger partial charge in [-0.25, -0.2) is 0 Å². The molecular weight excluding hydrogens is 814 g/mol. The van der Waals surface area contributed by atoms with Crippen LogP contribution in [-0.4, -0.2) is 80.9 Å². The number of rotatable bonds is 19. The number of carbonyl (C=O) groups is 6. The van der Waals surface area contributed by atoms with Crippen molar-refractivity contribution in [2.24, 2.45) is 0 Å². The number of carbonyl (C=O) groups excluding carboxylic acids is 6. The molecule has 0 aromatic heterocycles. The Labute approximate surface area is 300 Å². The summed E-state index contributed by atoms with van der Waals surface area (Å²) in [6, 6.07) is 0. The van der Waals surface area contributed by atoms with E-state index in [4.69, 9.17) is 0 Å². The van der Waals surface area contributed by atoms with Gasteiger partial charge in [-0.05, 0) is 73.5 Å². The van der Waals surface area contributed by atoms with Gasteiger partial charge in [0.05, 0.1) is 35.8 Å². The Kier molecular flexibility index (Phi) is 47.0. The molecule has 0 N–H and O–H groups in total. The topological polar surface area (TPSA) is 241 Å². The van der Waals surface area contributed by atoms with Crippen molar-refractivity contribution in [3.8, 4) is 0 Å². The maximum absolute atomic E-state index is 10.3. The molecule has 0 aliphatic rings. The first-order valence-electron chi connectivity index (χ1n) is 15.2. The molecule has 0 spiro atoms. The maximum atomic E-state index is 10.3. The first-order valence-corrected chi connectivity index (χ1v) is 19.3. The Balaban J connectivity index is -0.000000159. The molecule has 0 unspecified atom stereocenters. The molecule has 0 aromatic carbocycles. The van der Waals surface area contributed by atoms with E-state index >= 15 is 0 Å². The van der Waals surface area contributed by atoms with Crippen LogP contribution in [0.15, 0.2) is 34.9 Å². The SMILES string of the molecule is CCCCC(=CC(=O)[O-])C(=O)[O-].CCCCC(=CC(=O)[O-])C(=O)[O-].CCCCC(=CC(=O)[O-])C(=O)[O-].CCC[CH2][Sn+3].CCC[CH2][Sn+3]. The van der Waals surface area contributed by atoms with Gasteiger partial charge in [0.2, 0.25) is 0 Å². The van der Waals surface area contributed by atoms with Crippen LogP contribution < -0.4 is 30.6 Å².